The highest BCUT2D eigenvalue weighted by molar-refractivity contribution is 8.93. The fourth-order valence-corrected chi connectivity index (χ4v) is 4.83. The highest BCUT2D eigenvalue weighted by Crippen LogP contribution is 2.37. The van der Waals surface area contributed by atoms with Gasteiger partial charge in [-0.05, 0) is 53.8 Å². The maximum absolute atomic E-state index is 6.45. The normalized spacial score (nSPS) is 17.6. The largest absolute Gasteiger partial charge is 0.475 e. The first-order valence-electron chi connectivity index (χ1n) is 11.9. The van der Waals surface area contributed by atoms with Crippen LogP contribution in [0.15, 0.2) is 4.90 Å². The third-order valence-corrected chi connectivity index (χ3v) is 6.91. The average Bonchev–Trinajstić information content (AvgIpc) is 2.78. The van der Waals surface area contributed by atoms with Crippen LogP contribution in [0.5, 0.6) is 11.8 Å². The smallest absolute Gasteiger partial charge is 0.236 e. The van der Waals surface area contributed by atoms with Crippen LogP contribution in [0.3, 0.4) is 0 Å². The van der Waals surface area contributed by atoms with E-state index in [0.717, 1.165) is 50.5 Å². The summed E-state index contributed by atoms with van der Waals surface area (Å²) < 4.78 is 18.3. The highest BCUT2D eigenvalue weighted by Gasteiger charge is 2.25. The number of halogens is 2. The molecule has 3 rings (SSSR count). The maximum atomic E-state index is 6.45. The molecule has 0 unspecified atom stereocenters. The molecule has 0 spiro atoms. The van der Waals surface area contributed by atoms with Crippen LogP contribution in [0, 0.1) is 0 Å². The van der Waals surface area contributed by atoms with Gasteiger partial charge in [0.05, 0.1) is 13.2 Å². The number of rotatable bonds is 10. The van der Waals surface area contributed by atoms with Crippen LogP contribution in [0.2, 0.25) is 0 Å². The molecular weight excluding hydrogens is 586 g/mol. The molecule has 0 N–H and O–H groups in total. The second-order valence-corrected chi connectivity index (χ2v) is 9.98. The molecule has 0 radical (unpaired) electrons. The number of hydrogen-bond donors (Lipinski definition) is 0. The zero-order chi connectivity index (χ0) is 23.1. The molecule has 34 heavy (non-hydrogen) atoms. The van der Waals surface area contributed by atoms with Crippen LogP contribution in [0.4, 0.5) is 5.95 Å². The van der Waals surface area contributed by atoms with Crippen molar-refractivity contribution in [2.24, 2.45) is 0 Å². The third-order valence-electron chi connectivity index (χ3n) is 6.15. The fraction of sp³-hybridized carbons (Fsp3) is 0.826. The molecule has 0 atom stereocenters. The van der Waals surface area contributed by atoms with E-state index in [1.807, 2.05) is 6.26 Å². The number of ether oxygens (including phenoxy) is 3. The van der Waals surface area contributed by atoms with Crippen molar-refractivity contribution >= 4 is 51.7 Å². The maximum Gasteiger partial charge on any atom is 0.236 e. The van der Waals surface area contributed by atoms with Gasteiger partial charge in [0.15, 0.2) is 0 Å². The minimum atomic E-state index is 0. The molecule has 2 fully saturated rings. The Balaban J connectivity index is 0.00000289. The van der Waals surface area contributed by atoms with Gasteiger partial charge in [0.25, 0.3) is 0 Å². The zero-order valence-electron chi connectivity index (χ0n) is 21.5. The summed E-state index contributed by atoms with van der Waals surface area (Å²) in [5, 5.41) is 0. The Labute approximate surface area is 231 Å². The van der Waals surface area contributed by atoms with E-state index in [2.05, 4.69) is 49.4 Å². The molecule has 2 aliphatic heterocycles. The van der Waals surface area contributed by atoms with E-state index in [1.165, 1.54) is 0 Å². The molecule has 8 nitrogen and oxygen atoms in total. The summed E-state index contributed by atoms with van der Waals surface area (Å²) in [7, 11) is 2.16. The van der Waals surface area contributed by atoms with Crippen molar-refractivity contribution in [1.82, 2.24) is 19.8 Å². The number of morpholine rings is 1. The molecule has 3 heterocycles. The van der Waals surface area contributed by atoms with Gasteiger partial charge in [-0.1, -0.05) is 0 Å². The molecule has 1 aromatic rings. The summed E-state index contributed by atoms with van der Waals surface area (Å²) in [5.41, 5.74) is 0. The minimum absolute atomic E-state index is 0. The number of piperidine rings is 1. The average molecular weight is 630 g/mol. The van der Waals surface area contributed by atoms with Gasteiger partial charge >= 0.3 is 0 Å². The number of aromatic nitrogens is 2. The van der Waals surface area contributed by atoms with E-state index in [9.17, 15) is 0 Å². The fourth-order valence-electron chi connectivity index (χ4n) is 4.28. The van der Waals surface area contributed by atoms with Crippen molar-refractivity contribution < 1.29 is 14.2 Å². The van der Waals surface area contributed by atoms with Gasteiger partial charge in [0, 0.05) is 44.8 Å². The SMILES string of the molecule is Br.Br.CSc1c(OCCN(C(C)C)C(C)C)nc(N2CCOCC2)nc1OC1CCN(C)CC1. The molecule has 0 aliphatic carbocycles. The Kier molecular flexibility index (Phi) is 14.6. The molecule has 1 aromatic heterocycles. The minimum Gasteiger partial charge on any atom is -0.475 e. The van der Waals surface area contributed by atoms with Gasteiger partial charge in [-0.3, -0.25) is 4.90 Å². The number of anilines is 1. The first-order valence-corrected chi connectivity index (χ1v) is 13.1. The van der Waals surface area contributed by atoms with Crippen LogP contribution < -0.4 is 14.4 Å². The Morgan fingerprint density at radius 3 is 2.15 bits per heavy atom. The Hall–Kier alpha value is -0.330. The number of hydrogen-bond acceptors (Lipinski definition) is 9. The second-order valence-electron chi connectivity index (χ2n) is 9.16. The number of thioether (sulfide) groups is 1. The Morgan fingerprint density at radius 1 is 1.00 bits per heavy atom. The van der Waals surface area contributed by atoms with Crippen LogP contribution in [-0.4, -0.2) is 104 Å². The van der Waals surface area contributed by atoms with Crippen molar-refractivity contribution in [3.8, 4) is 11.8 Å². The van der Waals surface area contributed by atoms with Gasteiger partial charge < -0.3 is 24.0 Å². The highest BCUT2D eigenvalue weighted by atomic mass is 79.9. The number of likely N-dealkylation sites (tertiary alicyclic amines) is 1. The Morgan fingerprint density at radius 2 is 1.59 bits per heavy atom. The summed E-state index contributed by atoms with van der Waals surface area (Å²) in [6.07, 6.45) is 4.23. The van der Waals surface area contributed by atoms with Gasteiger partial charge in [-0.15, -0.1) is 45.7 Å². The topological polar surface area (TPSA) is 63.2 Å². The lowest BCUT2D eigenvalue weighted by molar-refractivity contribution is 0.104. The lowest BCUT2D eigenvalue weighted by Gasteiger charge is -2.31. The van der Waals surface area contributed by atoms with Crippen molar-refractivity contribution in [1.29, 1.82) is 0 Å². The summed E-state index contributed by atoms with van der Waals surface area (Å²) in [5.74, 6) is 1.96. The summed E-state index contributed by atoms with van der Waals surface area (Å²) in [6.45, 7) is 15.4. The predicted molar refractivity (Wildman–Crippen MR) is 151 cm³/mol. The molecule has 0 aromatic carbocycles. The summed E-state index contributed by atoms with van der Waals surface area (Å²) >= 11 is 1.60. The second kappa shape index (κ2) is 15.7. The lowest BCUT2D eigenvalue weighted by atomic mass is 10.1. The van der Waals surface area contributed by atoms with E-state index < -0.39 is 0 Å². The van der Waals surface area contributed by atoms with Crippen molar-refractivity contribution in [3.63, 3.8) is 0 Å². The van der Waals surface area contributed by atoms with Crippen LogP contribution in [0.25, 0.3) is 0 Å². The van der Waals surface area contributed by atoms with Gasteiger partial charge in [-0.2, -0.15) is 9.97 Å². The van der Waals surface area contributed by atoms with Crippen LogP contribution in [0.1, 0.15) is 40.5 Å². The van der Waals surface area contributed by atoms with E-state index in [1.54, 1.807) is 11.8 Å². The monoisotopic (exact) mass is 627 g/mol. The Bertz CT molecular complexity index is 710. The van der Waals surface area contributed by atoms with E-state index in [4.69, 9.17) is 24.2 Å². The lowest BCUT2D eigenvalue weighted by Crippen LogP contribution is -2.40. The molecular formula is C23H43Br2N5O3S. The van der Waals surface area contributed by atoms with E-state index in [-0.39, 0.29) is 40.1 Å². The molecule has 198 valence electrons. The molecule has 0 bridgehead atoms. The van der Waals surface area contributed by atoms with Crippen LogP contribution in [-0.2, 0) is 4.74 Å². The summed E-state index contributed by atoms with van der Waals surface area (Å²) in [6, 6.07) is 0.938. The van der Waals surface area contributed by atoms with E-state index >= 15 is 0 Å². The van der Waals surface area contributed by atoms with Crippen molar-refractivity contribution in [2.75, 3.05) is 70.7 Å². The zero-order valence-corrected chi connectivity index (χ0v) is 25.7. The van der Waals surface area contributed by atoms with Crippen molar-refractivity contribution in [3.05, 3.63) is 0 Å². The van der Waals surface area contributed by atoms with Crippen molar-refractivity contribution in [2.45, 2.75) is 63.6 Å². The summed E-state index contributed by atoms with van der Waals surface area (Å²) in [4.78, 5) is 17.5. The number of nitrogens with zero attached hydrogens (tertiary/aromatic N) is 5. The van der Waals surface area contributed by atoms with E-state index in [0.29, 0.717) is 49.6 Å². The van der Waals surface area contributed by atoms with Gasteiger partial charge in [0.2, 0.25) is 17.7 Å². The predicted octanol–water partition coefficient (Wildman–Crippen LogP) is 4.16. The molecule has 0 saturated carbocycles. The molecule has 11 heteroatoms. The molecule has 2 saturated heterocycles. The standard InChI is InChI=1S/C23H41N5O3S.2BrH/c1-17(2)28(18(3)4)13-16-30-21-20(32-6)22(31-19-7-9-26(5)10-8-19)25-23(24-21)27-11-14-29-15-12-27;;/h17-19H,7-16H2,1-6H3;2*1H. The van der Waals surface area contributed by atoms with Gasteiger partial charge in [0.1, 0.15) is 17.6 Å². The molecule has 0 amide bonds. The quantitative estimate of drug-likeness (QED) is 0.355. The van der Waals surface area contributed by atoms with Gasteiger partial charge in [-0.25, -0.2) is 0 Å². The molecule has 2 aliphatic rings. The first kappa shape index (κ1) is 31.7. The first-order chi connectivity index (χ1) is 15.4. The van der Waals surface area contributed by atoms with Crippen LogP contribution >= 0.6 is 45.7 Å². The third kappa shape index (κ3) is 8.96.